The number of benzene rings is 1. The average Bonchev–Trinajstić information content (AvgIpc) is 2.64. The van der Waals surface area contributed by atoms with E-state index in [0.29, 0.717) is 36.8 Å². The number of hydrogen-bond donors (Lipinski definition) is 1. The Hall–Kier alpha value is -2.76. The zero-order valence-corrected chi connectivity index (χ0v) is 14.2. The van der Waals surface area contributed by atoms with Crippen LogP contribution in [0.4, 0.5) is 0 Å². The quantitative estimate of drug-likeness (QED) is 0.804. The van der Waals surface area contributed by atoms with Crippen LogP contribution in [0.1, 0.15) is 17.5 Å². The Kier molecular flexibility index (Phi) is 6.42. The van der Waals surface area contributed by atoms with Gasteiger partial charge in [-0.25, -0.2) is 4.98 Å². The molecule has 2 aromatic rings. The molecule has 0 bridgehead atoms. The fourth-order valence-electron chi connectivity index (χ4n) is 2.23. The first-order valence-electron chi connectivity index (χ1n) is 7.62. The number of nitrogens with one attached hydrogen (secondary N) is 1. The Balaban J connectivity index is 1.86. The molecule has 0 aliphatic rings. The van der Waals surface area contributed by atoms with E-state index >= 15 is 0 Å². The van der Waals surface area contributed by atoms with Gasteiger partial charge in [0.05, 0.1) is 21.3 Å². The number of aromatic nitrogens is 1. The fraction of sp³-hybridized carbons (Fsp3) is 0.333. The molecule has 128 valence electrons. The highest BCUT2D eigenvalue weighted by Crippen LogP contribution is 2.23. The van der Waals surface area contributed by atoms with E-state index in [1.54, 1.807) is 39.7 Å². The summed E-state index contributed by atoms with van der Waals surface area (Å²) >= 11 is 0. The van der Waals surface area contributed by atoms with Crippen LogP contribution in [0.3, 0.4) is 0 Å². The summed E-state index contributed by atoms with van der Waals surface area (Å²) in [6.07, 6.45) is 2.65. The van der Waals surface area contributed by atoms with Gasteiger partial charge in [-0.15, -0.1) is 0 Å². The lowest BCUT2D eigenvalue weighted by molar-refractivity contribution is -0.121. The molecule has 0 spiro atoms. The fourth-order valence-corrected chi connectivity index (χ4v) is 2.23. The van der Waals surface area contributed by atoms with Crippen molar-refractivity contribution in [3.05, 3.63) is 47.7 Å². The third kappa shape index (κ3) is 5.15. The topological polar surface area (TPSA) is 69.7 Å². The maximum Gasteiger partial charge on any atom is 0.220 e. The zero-order valence-electron chi connectivity index (χ0n) is 14.2. The summed E-state index contributed by atoms with van der Waals surface area (Å²) in [6, 6.07) is 9.26. The number of carbonyl (C=O) groups is 1. The van der Waals surface area contributed by atoms with Crippen molar-refractivity contribution in [3.8, 4) is 17.4 Å². The molecule has 0 aliphatic carbocycles. The van der Waals surface area contributed by atoms with Crippen molar-refractivity contribution in [1.29, 1.82) is 0 Å². The lowest BCUT2D eigenvalue weighted by atomic mass is 10.1. The van der Waals surface area contributed by atoms with E-state index in [2.05, 4.69) is 10.3 Å². The highest BCUT2D eigenvalue weighted by molar-refractivity contribution is 5.76. The molecule has 0 radical (unpaired) electrons. The van der Waals surface area contributed by atoms with Crippen LogP contribution >= 0.6 is 0 Å². The van der Waals surface area contributed by atoms with Gasteiger partial charge in [0.1, 0.15) is 11.5 Å². The van der Waals surface area contributed by atoms with Crippen LogP contribution in [0.15, 0.2) is 36.5 Å². The minimum atomic E-state index is -0.0208. The monoisotopic (exact) mass is 330 g/mol. The van der Waals surface area contributed by atoms with Gasteiger partial charge < -0.3 is 19.5 Å². The van der Waals surface area contributed by atoms with Crippen LogP contribution in [0.25, 0.3) is 0 Å². The molecule has 1 heterocycles. The predicted molar refractivity (Wildman–Crippen MR) is 90.5 cm³/mol. The number of methoxy groups -OCH3 is 3. The molecule has 0 atom stereocenters. The number of nitrogens with zero attached hydrogens (tertiary/aromatic N) is 1. The molecular weight excluding hydrogens is 308 g/mol. The summed E-state index contributed by atoms with van der Waals surface area (Å²) in [7, 11) is 4.77. The number of amides is 1. The third-order valence-corrected chi connectivity index (χ3v) is 3.55. The molecule has 0 saturated heterocycles. The smallest absolute Gasteiger partial charge is 0.220 e. The van der Waals surface area contributed by atoms with Crippen LogP contribution in [-0.4, -0.2) is 32.2 Å². The van der Waals surface area contributed by atoms with Crippen molar-refractivity contribution in [2.24, 2.45) is 0 Å². The van der Waals surface area contributed by atoms with E-state index < -0.39 is 0 Å². The summed E-state index contributed by atoms with van der Waals surface area (Å²) < 4.78 is 15.5. The van der Waals surface area contributed by atoms with E-state index in [9.17, 15) is 4.79 Å². The molecule has 1 N–H and O–H groups in total. The highest BCUT2D eigenvalue weighted by Gasteiger charge is 2.06. The van der Waals surface area contributed by atoms with Gasteiger partial charge >= 0.3 is 0 Å². The van der Waals surface area contributed by atoms with Gasteiger partial charge in [-0.1, -0.05) is 0 Å². The molecule has 6 nitrogen and oxygen atoms in total. The molecule has 0 unspecified atom stereocenters. The summed E-state index contributed by atoms with van der Waals surface area (Å²) in [6.45, 7) is 0.444. The van der Waals surface area contributed by atoms with Gasteiger partial charge in [0.25, 0.3) is 0 Å². The van der Waals surface area contributed by atoms with E-state index in [1.165, 1.54) is 0 Å². The maximum atomic E-state index is 12.0. The highest BCUT2D eigenvalue weighted by atomic mass is 16.5. The normalized spacial score (nSPS) is 10.1. The Morgan fingerprint density at radius 1 is 1.00 bits per heavy atom. The van der Waals surface area contributed by atoms with Crippen LogP contribution in [0.5, 0.6) is 17.4 Å². The van der Waals surface area contributed by atoms with Crippen molar-refractivity contribution in [1.82, 2.24) is 10.3 Å². The van der Waals surface area contributed by atoms with Gasteiger partial charge in [-0.05, 0) is 35.7 Å². The lowest BCUT2D eigenvalue weighted by Crippen LogP contribution is -2.23. The Morgan fingerprint density at radius 2 is 1.71 bits per heavy atom. The van der Waals surface area contributed by atoms with E-state index in [0.717, 1.165) is 11.1 Å². The van der Waals surface area contributed by atoms with Crippen molar-refractivity contribution in [2.75, 3.05) is 21.3 Å². The van der Waals surface area contributed by atoms with Gasteiger partial charge in [0.2, 0.25) is 11.8 Å². The Labute approximate surface area is 141 Å². The second-order valence-electron chi connectivity index (χ2n) is 5.20. The number of carbonyl (C=O) groups excluding carboxylic acids is 1. The average molecular weight is 330 g/mol. The number of ether oxygens (including phenoxy) is 3. The number of aryl methyl sites for hydroxylation is 1. The SMILES string of the molecule is COc1cc(CCC(=O)NCc2ccnc(OC)c2)cc(OC)c1. The first-order chi connectivity index (χ1) is 11.6. The molecule has 0 saturated carbocycles. The third-order valence-electron chi connectivity index (χ3n) is 3.55. The first kappa shape index (κ1) is 17.6. The van der Waals surface area contributed by atoms with Crippen LogP contribution in [0, 0.1) is 0 Å². The molecule has 2 rings (SSSR count). The van der Waals surface area contributed by atoms with E-state index in [1.807, 2.05) is 18.2 Å². The summed E-state index contributed by atoms with van der Waals surface area (Å²) in [5.41, 5.74) is 1.94. The molecule has 1 aromatic carbocycles. The van der Waals surface area contributed by atoms with Crippen molar-refractivity contribution in [2.45, 2.75) is 19.4 Å². The first-order valence-corrected chi connectivity index (χ1v) is 7.62. The van der Waals surface area contributed by atoms with Gasteiger partial charge in [0.15, 0.2) is 0 Å². The van der Waals surface area contributed by atoms with Crippen molar-refractivity contribution in [3.63, 3.8) is 0 Å². The van der Waals surface area contributed by atoms with Crippen molar-refractivity contribution < 1.29 is 19.0 Å². The van der Waals surface area contributed by atoms with Crippen molar-refractivity contribution >= 4 is 5.91 Å². The Bertz CT molecular complexity index is 666. The van der Waals surface area contributed by atoms with Crippen LogP contribution in [-0.2, 0) is 17.8 Å². The largest absolute Gasteiger partial charge is 0.497 e. The van der Waals surface area contributed by atoms with E-state index in [-0.39, 0.29) is 5.91 Å². The zero-order chi connectivity index (χ0) is 17.4. The van der Waals surface area contributed by atoms with Gasteiger partial charge in [-0.2, -0.15) is 0 Å². The summed E-state index contributed by atoms with van der Waals surface area (Å²) in [5.74, 6) is 1.94. The second-order valence-corrected chi connectivity index (χ2v) is 5.20. The predicted octanol–water partition coefficient (Wildman–Crippen LogP) is 2.36. The minimum absolute atomic E-state index is 0.0208. The molecule has 6 heteroatoms. The molecule has 1 amide bonds. The number of rotatable bonds is 8. The Morgan fingerprint density at radius 3 is 2.33 bits per heavy atom. The number of hydrogen-bond acceptors (Lipinski definition) is 5. The molecule has 0 fully saturated rings. The summed E-state index contributed by atoms with van der Waals surface area (Å²) in [4.78, 5) is 16.1. The van der Waals surface area contributed by atoms with Crippen LogP contribution < -0.4 is 19.5 Å². The molecular formula is C18H22N2O4. The summed E-state index contributed by atoms with van der Waals surface area (Å²) in [5, 5.41) is 2.89. The maximum absolute atomic E-state index is 12.0. The number of pyridine rings is 1. The van der Waals surface area contributed by atoms with Gasteiger partial charge in [0, 0.05) is 31.3 Å². The van der Waals surface area contributed by atoms with E-state index in [4.69, 9.17) is 14.2 Å². The lowest BCUT2D eigenvalue weighted by Gasteiger charge is -2.09. The minimum Gasteiger partial charge on any atom is -0.497 e. The molecule has 1 aromatic heterocycles. The molecule has 0 aliphatic heterocycles. The standard InChI is InChI=1S/C18H22N2O4/c1-22-15-8-13(9-16(11-15)23-2)4-5-17(21)20-12-14-6-7-19-18(10-14)24-3/h6-11H,4-5,12H2,1-3H3,(H,20,21). The molecule has 24 heavy (non-hydrogen) atoms. The second kappa shape index (κ2) is 8.76. The van der Waals surface area contributed by atoms with Crippen LogP contribution in [0.2, 0.25) is 0 Å². The van der Waals surface area contributed by atoms with Gasteiger partial charge in [-0.3, -0.25) is 4.79 Å².